The van der Waals surface area contributed by atoms with E-state index in [1.165, 1.54) is 151 Å². The molecular weight excluding hydrogens is 1590 g/mol. The molecule has 0 bridgehead atoms. The molecule has 0 unspecified atom stereocenters. The molecule has 0 saturated heterocycles. The van der Waals surface area contributed by atoms with E-state index in [0.717, 1.165) is 111 Å². The van der Waals surface area contributed by atoms with Gasteiger partial charge in [0.05, 0.1) is 72.6 Å². The van der Waals surface area contributed by atoms with Gasteiger partial charge in [-0.3, -0.25) is 18.7 Å². The van der Waals surface area contributed by atoms with Crippen LogP contribution in [0.15, 0.2) is 443 Å². The molecule has 131 heavy (non-hydrogen) atoms. The van der Waals surface area contributed by atoms with Crippen molar-refractivity contribution in [3.8, 4) is 51.2 Å². The highest BCUT2D eigenvalue weighted by molar-refractivity contribution is 6.32. The molecule has 23 aromatic carbocycles. The fourth-order valence-corrected chi connectivity index (χ4v) is 21.1. The number of para-hydroxylation sites is 3. The van der Waals surface area contributed by atoms with Crippen molar-refractivity contribution < 1.29 is 0 Å². The zero-order valence-corrected chi connectivity index (χ0v) is 70.7. The third-order valence-corrected chi connectivity index (χ3v) is 27.1. The van der Waals surface area contributed by atoms with Gasteiger partial charge in [0.25, 0.3) is 0 Å². The Morgan fingerprint density at radius 1 is 0.168 bits per heavy atom. The Bertz CT molecular complexity index is 9600. The molecule has 0 saturated carbocycles. The van der Waals surface area contributed by atoms with Crippen molar-refractivity contribution in [1.29, 1.82) is 0 Å². The first-order valence-electron chi connectivity index (χ1n) is 44.6. The molecule has 6 aromatic heterocycles. The minimum atomic E-state index is 0.674. The molecule has 0 fully saturated rings. The summed E-state index contributed by atoms with van der Waals surface area (Å²) in [5, 5.41) is 35.4. The van der Waals surface area contributed by atoms with Crippen LogP contribution in [0.4, 0.5) is 0 Å². The highest BCUT2D eigenvalue weighted by Gasteiger charge is 2.26. The van der Waals surface area contributed by atoms with Gasteiger partial charge in [-0.25, -0.2) is 24.9 Å². The maximum atomic E-state index is 5.39. The molecule has 9 heteroatoms. The molecule has 29 aromatic rings. The summed E-state index contributed by atoms with van der Waals surface area (Å²) in [4.78, 5) is 31.7. The molecule has 0 aliphatic rings. The van der Waals surface area contributed by atoms with E-state index in [0.29, 0.717) is 5.95 Å². The fourth-order valence-electron chi connectivity index (χ4n) is 21.1. The molecule has 0 atom stereocenters. The zero-order chi connectivity index (χ0) is 85.9. The van der Waals surface area contributed by atoms with E-state index in [4.69, 9.17) is 29.9 Å². The Balaban J connectivity index is 0.000000101. The predicted molar refractivity (Wildman–Crippen MR) is 551 cm³/mol. The van der Waals surface area contributed by atoms with Crippen LogP contribution in [-0.2, 0) is 0 Å². The number of aromatic nitrogens is 9. The van der Waals surface area contributed by atoms with Crippen molar-refractivity contribution in [3.05, 3.63) is 443 Å². The summed E-state index contributed by atoms with van der Waals surface area (Å²) >= 11 is 0. The molecule has 6 heterocycles. The van der Waals surface area contributed by atoms with Crippen LogP contribution >= 0.6 is 0 Å². The van der Waals surface area contributed by atoms with Crippen LogP contribution in [0.2, 0.25) is 0 Å². The van der Waals surface area contributed by atoms with Gasteiger partial charge < -0.3 is 0 Å². The maximum Gasteiger partial charge on any atom is 0.235 e. The average molecular weight is 1660 g/mol. The van der Waals surface area contributed by atoms with Gasteiger partial charge in [0.2, 0.25) is 5.95 Å². The van der Waals surface area contributed by atoms with Crippen molar-refractivity contribution in [2.24, 2.45) is 0 Å². The summed E-state index contributed by atoms with van der Waals surface area (Å²) in [6.45, 7) is 0. The highest BCUT2D eigenvalue weighted by Crippen LogP contribution is 2.47. The number of benzene rings is 23. The van der Waals surface area contributed by atoms with Gasteiger partial charge in [-0.1, -0.05) is 370 Å². The number of hydrogen-bond acceptors (Lipinski definition) is 6. The van der Waals surface area contributed by atoms with Crippen LogP contribution in [0, 0.1) is 0 Å². The average Bonchev–Trinajstić information content (AvgIpc) is 1.55. The second-order valence-corrected chi connectivity index (χ2v) is 34.2. The van der Waals surface area contributed by atoms with Crippen LogP contribution in [0.5, 0.6) is 0 Å². The molecule has 0 N–H and O–H groups in total. The first kappa shape index (κ1) is 73.7. The molecule has 606 valence electrons. The highest BCUT2D eigenvalue weighted by atomic mass is 15.2. The summed E-state index contributed by atoms with van der Waals surface area (Å²) in [5.41, 5.74) is 17.5. The largest absolute Gasteiger partial charge is 0.292 e. The van der Waals surface area contributed by atoms with Crippen LogP contribution in [-0.4, -0.2) is 43.6 Å². The first-order valence-corrected chi connectivity index (χ1v) is 44.6. The number of hydrogen-bond donors (Lipinski definition) is 0. The van der Waals surface area contributed by atoms with Crippen LogP contribution in [0.25, 0.3) is 268 Å². The van der Waals surface area contributed by atoms with Crippen LogP contribution in [0.1, 0.15) is 0 Å². The second kappa shape index (κ2) is 29.5. The summed E-state index contributed by atoms with van der Waals surface area (Å²) in [7, 11) is 0. The molecule has 0 amide bonds. The lowest BCUT2D eigenvalue weighted by molar-refractivity contribution is 1.01. The van der Waals surface area contributed by atoms with E-state index in [1.54, 1.807) is 0 Å². The molecule has 29 rings (SSSR count). The monoisotopic (exact) mass is 1660 g/mol. The van der Waals surface area contributed by atoms with E-state index in [1.807, 2.05) is 24.4 Å². The normalized spacial score (nSPS) is 12.0. The Morgan fingerprint density at radius 2 is 0.496 bits per heavy atom. The van der Waals surface area contributed by atoms with E-state index >= 15 is 0 Å². The smallest absolute Gasteiger partial charge is 0.235 e. The lowest BCUT2D eigenvalue weighted by Gasteiger charge is -2.14. The number of nitrogens with zero attached hydrogens (tertiary/aromatic N) is 9. The van der Waals surface area contributed by atoms with E-state index in [2.05, 4.69) is 432 Å². The summed E-state index contributed by atoms with van der Waals surface area (Å²) in [5.74, 6) is 2.33. The lowest BCUT2D eigenvalue weighted by Crippen LogP contribution is -2.03. The van der Waals surface area contributed by atoms with E-state index < -0.39 is 0 Å². The Kier molecular flexibility index (Phi) is 16.6. The third-order valence-electron chi connectivity index (χ3n) is 27.1. The molecule has 0 aliphatic heterocycles. The summed E-state index contributed by atoms with van der Waals surface area (Å²) in [6.07, 6.45) is 1.94. The minimum Gasteiger partial charge on any atom is -0.292 e. The maximum absolute atomic E-state index is 5.39. The SMILES string of the molecule is c1ccc2c(c1)ccc1c2c2c3ccccc3ccc2n1-c1cnc2c3ccccc3c3ccccc3c2n1.c1ccc2c(c1)ccc1cc(-c3nc(-n4c5ccc6ccccc6c5c5c6ccccc6ccc54)nc4ccccc34)ccc12.c1ccc2cc(-c3ccc(-c4nc5ccccc5nc4-n4c5ccc6ccccc6c5c5c6ccccc6ccc54)cc3)ccc2c1. The number of rotatable bonds is 6. The molecular formula is C122H73N9. The molecule has 0 aliphatic carbocycles. The van der Waals surface area contributed by atoms with Gasteiger partial charge >= 0.3 is 0 Å². The van der Waals surface area contributed by atoms with E-state index in [-0.39, 0.29) is 0 Å². The van der Waals surface area contributed by atoms with E-state index in [9.17, 15) is 0 Å². The van der Waals surface area contributed by atoms with Crippen molar-refractivity contribution in [2.75, 3.05) is 0 Å². The van der Waals surface area contributed by atoms with Gasteiger partial charge in [-0.05, 0) is 186 Å². The minimum absolute atomic E-state index is 0.674. The lowest BCUT2D eigenvalue weighted by atomic mass is 9.98. The van der Waals surface area contributed by atoms with Crippen molar-refractivity contribution in [2.45, 2.75) is 0 Å². The Hall–Kier alpha value is -17.7. The van der Waals surface area contributed by atoms with Gasteiger partial charge in [0.15, 0.2) is 11.6 Å². The first-order chi connectivity index (χ1) is 65.0. The Labute approximate surface area is 749 Å². The van der Waals surface area contributed by atoms with Crippen molar-refractivity contribution >= 4 is 217 Å². The summed E-state index contributed by atoms with van der Waals surface area (Å²) in [6, 6.07) is 156. The quantitative estimate of drug-likeness (QED) is 0.154. The fraction of sp³-hybridized carbons (Fsp3) is 0. The second-order valence-electron chi connectivity index (χ2n) is 34.2. The van der Waals surface area contributed by atoms with Crippen LogP contribution in [0.3, 0.4) is 0 Å². The third kappa shape index (κ3) is 11.7. The molecule has 0 radical (unpaired) electrons. The number of fused-ring (bicyclic) bond motifs is 33. The molecule has 0 spiro atoms. The van der Waals surface area contributed by atoms with Gasteiger partial charge in [0, 0.05) is 59.6 Å². The topological polar surface area (TPSA) is 92.1 Å². The van der Waals surface area contributed by atoms with Gasteiger partial charge in [0.1, 0.15) is 5.69 Å². The van der Waals surface area contributed by atoms with Crippen LogP contribution < -0.4 is 0 Å². The summed E-state index contributed by atoms with van der Waals surface area (Å²) < 4.78 is 6.88. The van der Waals surface area contributed by atoms with Gasteiger partial charge in [-0.2, -0.15) is 0 Å². The standard InChI is InChI=1S/C44H27N3.C42H25N3.C36H21N3/c1-2-12-33-27-34(22-19-28(33)9-1)29-17-20-32(21-18-29)43-44(46-38-16-8-7-15-37(38)45-43)47-39-25-23-30-10-3-5-13-35(30)41(39)42-36-14-6-4-11-31(36)24-26-40(42)47;1-4-12-31-26(9-1)17-18-29-25-30(19-22-32(29)31)41-35-15-7-8-16-36(35)43-42(44-41)45-37-23-20-27-10-2-5-13-33(27)39(37)40-34-14-6-3-11-28(34)21-24-38(40)45;1-3-11-24-22(9-1)17-19-30-33(24)34-25-12-4-2-10-23(25)18-20-31(34)39(30)32-21-37-35-28-15-7-5-13-26(28)27-14-6-8-16-29(27)36(35)38-32/h1-27H;1-25H;1-21H. The van der Waals surface area contributed by atoms with Gasteiger partial charge in [-0.15, -0.1) is 0 Å². The Morgan fingerprint density at radius 3 is 0.992 bits per heavy atom. The zero-order valence-electron chi connectivity index (χ0n) is 70.7. The van der Waals surface area contributed by atoms with Crippen molar-refractivity contribution in [1.82, 2.24) is 43.6 Å². The molecule has 9 nitrogen and oxygen atoms in total. The van der Waals surface area contributed by atoms with Crippen molar-refractivity contribution in [3.63, 3.8) is 0 Å². The predicted octanol–water partition coefficient (Wildman–Crippen LogP) is 31.9.